The molecule has 2 aromatic carbocycles. The third-order valence-corrected chi connectivity index (χ3v) is 9.22. The van der Waals surface area contributed by atoms with Gasteiger partial charge in [-0.25, -0.2) is 9.78 Å². The number of carbonyl (C=O) groups excluding carboxylic acids is 3. The first-order chi connectivity index (χ1) is 20.3. The number of pyridine rings is 1. The zero-order chi connectivity index (χ0) is 29.4. The van der Waals surface area contributed by atoms with Crippen LogP contribution in [0.1, 0.15) is 36.9 Å². The molecule has 3 N–H and O–H groups in total. The van der Waals surface area contributed by atoms with Gasteiger partial charge in [0, 0.05) is 30.9 Å². The number of hydrogen-bond donors (Lipinski definition) is 3. The van der Waals surface area contributed by atoms with Crippen molar-refractivity contribution in [1.82, 2.24) is 20.5 Å². The lowest BCUT2D eigenvalue weighted by atomic mass is 9.98. The van der Waals surface area contributed by atoms with Crippen molar-refractivity contribution in [3.05, 3.63) is 71.9 Å². The third-order valence-electron chi connectivity index (χ3n) is 7.93. The number of aryl methyl sites for hydroxylation is 1. The number of thioether (sulfide) groups is 1. The number of carbonyl (C=O) groups is 3. The normalized spacial score (nSPS) is 21.8. The van der Waals surface area contributed by atoms with Crippen molar-refractivity contribution < 1.29 is 24.2 Å². The number of aliphatic hydroxyl groups is 1. The highest BCUT2D eigenvalue weighted by Crippen LogP contribution is 2.51. The maximum Gasteiger partial charge on any atom is 0.327 e. The molecule has 42 heavy (non-hydrogen) atoms. The molecule has 11 heteroatoms. The second kappa shape index (κ2) is 11.7. The number of hydrogen-bond acceptors (Lipinski definition) is 7. The SMILES string of the molecule is Cc1cc(Oc2ccccc2)ccc1N1C(=O)NC2c3c1ccnc3SC2C(=O)N[C@@H]1CCCN(C(=O)[C@@H](C)CO)C1. The maximum absolute atomic E-state index is 13.6. The standard InChI is InChI=1S/C31H33N5O5S/c1-18-15-22(41-21-8-4-3-5-9-21)10-11-23(18)36-24-12-13-32-29-25(24)26(34-31(36)40)27(42-29)28(38)33-20-7-6-14-35(16-20)30(39)19(2)17-37/h3-5,8-13,15,19-20,26-27,37H,6-7,14,16-17H2,1-2H3,(H,33,38)(H,34,40)/t19-,20+,26?,27?/m0/s1. The molecule has 0 aliphatic carbocycles. The first kappa shape index (κ1) is 28.0. The first-order valence-corrected chi connectivity index (χ1v) is 15.0. The van der Waals surface area contributed by atoms with Gasteiger partial charge in [0.05, 0.1) is 29.9 Å². The van der Waals surface area contributed by atoms with E-state index in [9.17, 15) is 19.5 Å². The number of anilines is 2. The predicted molar refractivity (Wildman–Crippen MR) is 159 cm³/mol. The molecule has 1 saturated heterocycles. The van der Waals surface area contributed by atoms with E-state index in [1.54, 1.807) is 22.9 Å². The Balaban J connectivity index is 1.20. The molecule has 3 aliphatic rings. The number of likely N-dealkylation sites (tertiary alicyclic amines) is 1. The molecule has 6 rings (SSSR count). The monoisotopic (exact) mass is 587 g/mol. The molecular weight excluding hydrogens is 554 g/mol. The Kier molecular flexibility index (Phi) is 7.78. The van der Waals surface area contributed by atoms with Crippen LogP contribution in [0.25, 0.3) is 0 Å². The minimum atomic E-state index is -0.593. The van der Waals surface area contributed by atoms with Crippen molar-refractivity contribution in [3.63, 3.8) is 0 Å². The van der Waals surface area contributed by atoms with Gasteiger partial charge in [-0.1, -0.05) is 36.9 Å². The zero-order valence-corrected chi connectivity index (χ0v) is 24.3. The summed E-state index contributed by atoms with van der Waals surface area (Å²) in [6.45, 7) is 4.43. The Morgan fingerprint density at radius 3 is 2.74 bits per heavy atom. The van der Waals surface area contributed by atoms with Crippen molar-refractivity contribution in [1.29, 1.82) is 0 Å². The van der Waals surface area contributed by atoms with Gasteiger partial charge in [-0.05, 0) is 61.7 Å². The molecular formula is C31H33N5O5S. The number of nitrogens with one attached hydrogen (secondary N) is 2. The number of rotatable bonds is 7. The molecule has 1 aromatic heterocycles. The fraction of sp³-hybridized carbons (Fsp3) is 0.355. The largest absolute Gasteiger partial charge is 0.457 e. The molecule has 4 amide bonds. The van der Waals surface area contributed by atoms with Crippen LogP contribution in [0, 0.1) is 12.8 Å². The summed E-state index contributed by atoms with van der Waals surface area (Å²) in [5, 5.41) is 15.7. The van der Waals surface area contributed by atoms with E-state index < -0.39 is 17.2 Å². The molecule has 10 nitrogen and oxygen atoms in total. The topological polar surface area (TPSA) is 124 Å². The number of piperidine rings is 1. The third kappa shape index (κ3) is 5.30. The minimum absolute atomic E-state index is 0.109. The van der Waals surface area contributed by atoms with Gasteiger partial charge >= 0.3 is 6.03 Å². The summed E-state index contributed by atoms with van der Waals surface area (Å²) in [6, 6.07) is 15.9. The second-order valence-electron chi connectivity index (χ2n) is 10.9. The number of aromatic nitrogens is 1. The summed E-state index contributed by atoms with van der Waals surface area (Å²) in [6.07, 6.45) is 3.19. The van der Waals surface area contributed by atoms with Crippen molar-refractivity contribution >= 4 is 41.0 Å². The van der Waals surface area contributed by atoms with E-state index in [2.05, 4.69) is 15.6 Å². The molecule has 4 atom stereocenters. The van der Waals surface area contributed by atoms with E-state index in [4.69, 9.17) is 4.74 Å². The number of urea groups is 1. The van der Waals surface area contributed by atoms with Crippen molar-refractivity contribution in [2.45, 2.75) is 49.0 Å². The number of benzene rings is 2. The Bertz CT molecular complexity index is 1520. The van der Waals surface area contributed by atoms with Crippen LogP contribution in [-0.4, -0.2) is 63.8 Å². The highest BCUT2D eigenvalue weighted by atomic mass is 32.2. The quantitative estimate of drug-likeness (QED) is 0.377. The number of nitrogens with zero attached hydrogens (tertiary/aromatic N) is 3. The summed E-state index contributed by atoms with van der Waals surface area (Å²) in [7, 11) is 0. The van der Waals surface area contributed by atoms with Crippen LogP contribution in [0.4, 0.5) is 16.2 Å². The molecule has 2 unspecified atom stereocenters. The van der Waals surface area contributed by atoms with E-state index in [0.29, 0.717) is 35.2 Å². The molecule has 0 bridgehead atoms. The number of aliphatic hydroxyl groups excluding tert-OH is 1. The van der Waals surface area contributed by atoms with Gasteiger partial charge < -0.3 is 25.4 Å². The summed E-state index contributed by atoms with van der Waals surface area (Å²) in [5.74, 6) is 0.612. The fourth-order valence-corrected chi connectivity index (χ4v) is 7.04. The molecule has 3 aromatic rings. The van der Waals surface area contributed by atoms with E-state index in [1.807, 2.05) is 61.5 Å². The van der Waals surface area contributed by atoms with Crippen LogP contribution in [0.15, 0.2) is 65.8 Å². The van der Waals surface area contributed by atoms with Gasteiger partial charge in [-0.2, -0.15) is 0 Å². The van der Waals surface area contributed by atoms with Crippen LogP contribution in [0.5, 0.6) is 11.5 Å². The van der Waals surface area contributed by atoms with Crippen LogP contribution in [0.2, 0.25) is 0 Å². The Hall–Kier alpha value is -4.09. The fourth-order valence-electron chi connectivity index (χ4n) is 5.80. The van der Waals surface area contributed by atoms with Crippen LogP contribution < -0.4 is 20.3 Å². The highest BCUT2D eigenvalue weighted by Gasteiger charge is 2.47. The molecule has 218 valence electrons. The molecule has 4 heterocycles. The molecule has 0 saturated carbocycles. The predicted octanol–water partition coefficient (Wildman–Crippen LogP) is 4.29. The van der Waals surface area contributed by atoms with Crippen LogP contribution in [-0.2, 0) is 9.59 Å². The van der Waals surface area contributed by atoms with E-state index >= 15 is 0 Å². The van der Waals surface area contributed by atoms with Gasteiger partial charge in [0.25, 0.3) is 0 Å². The smallest absolute Gasteiger partial charge is 0.327 e. The summed E-state index contributed by atoms with van der Waals surface area (Å²) >= 11 is 1.34. The Labute approximate surface area is 248 Å². The number of amides is 4. The lowest BCUT2D eigenvalue weighted by molar-refractivity contribution is -0.138. The molecule has 3 aliphatic heterocycles. The molecule has 0 radical (unpaired) electrons. The van der Waals surface area contributed by atoms with E-state index in [1.165, 1.54) is 11.8 Å². The number of ether oxygens (including phenoxy) is 1. The average molecular weight is 588 g/mol. The first-order valence-electron chi connectivity index (χ1n) is 14.1. The maximum atomic E-state index is 13.6. The van der Waals surface area contributed by atoms with Gasteiger partial charge in [0.15, 0.2) is 0 Å². The van der Waals surface area contributed by atoms with Gasteiger partial charge in [-0.3, -0.25) is 14.5 Å². The Morgan fingerprint density at radius 2 is 1.98 bits per heavy atom. The summed E-state index contributed by atoms with van der Waals surface area (Å²) < 4.78 is 5.97. The second-order valence-corrected chi connectivity index (χ2v) is 12.1. The Morgan fingerprint density at radius 1 is 1.17 bits per heavy atom. The average Bonchev–Trinajstić information content (AvgIpc) is 3.37. The van der Waals surface area contributed by atoms with Crippen LogP contribution in [0.3, 0.4) is 0 Å². The van der Waals surface area contributed by atoms with Crippen molar-refractivity contribution in [3.8, 4) is 11.5 Å². The molecule has 0 spiro atoms. The van der Waals surface area contributed by atoms with Crippen molar-refractivity contribution in [2.75, 3.05) is 24.6 Å². The van der Waals surface area contributed by atoms with E-state index in [-0.39, 0.29) is 30.5 Å². The molecule has 1 fully saturated rings. The number of para-hydroxylation sites is 1. The van der Waals surface area contributed by atoms with E-state index in [0.717, 1.165) is 29.7 Å². The summed E-state index contributed by atoms with van der Waals surface area (Å²) in [4.78, 5) is 47.7. The minimum Gasteiger partial charge on any atom is -0.457 e. The summed E-state index contributed by atoms with van der Waals surface area (Å²) in [5.41, 5.74) is 3.09. The van der Waals surface area contributed by atoms with Crippen LogP contribution >= 0.6 is 11.8 Å². The van der Waals surface area contributed by atoms with Gasteiger partial charge in [0.1, 0.15) is 21.8 Å². The van der Waals surface area contributed by atoms with Gasteiger partial charge in [0.2, 0.25) is 11.8 Å². The lowest BCUT2D eigenvalue weighted by Gasteiger charge is -2.36. The van der Waals surface area contributed by atoms with Gasteiger partial charge in [-0.15, -0.1) is 0 Å². The van der Waals surface area contributed by atoms with Crippen molar-refractivity contribution in [2.24, 2.45) is 5.92 Å². The highest BCUT2D eigenvalue weighted by molar-refractivity contribution is 8.01. The lowest BCUT2D eigenvalue weighted by Crippen LogP contribution is -2.54. The zero-order valence-electron chi connectivity index (χ0n) is 23.4.